The van der Waals surface area contributed by atoms with E-state index in [1.807, 2.05) is 43.9 Å². The van der Waals surface area contributed by atoms with Gasteiger partial charge in [0.25, 0.3) is 0 Å². The highest BCUT2D eigenvalue weighted by molar-refractivity contribution is 6.07. The predicted octanol–water partition coefficient (Wildman–Crippen LogP) is 6.81. The fraction of sp³-hybridized carbons (Fsp3) is 0.408. The summed E-state index contributed by atoms with van der Waals surface area (Å²) in [6.45, 7) is 11.7. The Hall–Kier alpha value is -6.33. The Morgan fingerprint density at radius 1 is 1.02 bits per heavy atom. The van der Waals surface area contributed by atoms with Crippen molar-refractivity contribution < 1.29 is 38.4 Å². The number of hydrogen-bond acceptors (Lipinski definition) is 11. The van der Waals surface area contributed by atoms with E-state index in [1.165, 1.54) is 14.2 Å². The van der Waals surface area contributed by atoms with Crippen molar-refractivity contribution in [1.82, 2.24) is 40.4 Å². The number of rotatable bonds is 15. The summed E-state index contributed by atoms with van der Waals surface area (Å²) in [5, 5.41) is 17.8. The Labute approximate surface area is 378 Å². The number of aromatic amines is 2. The van der Waals surface area contributed by atoms with Crippen LogP contribution in [0.5, 0.6) is 5.75 Å². The molecule has 3 aliphatic heterocycles. The summed E-state index contributed by atoms with van der Waals surface area (Å²) < 4.78 is 21.8. The standard InChI is InChI=1S/C49H58N8O8/c1-8-9-10-12-28(4)42(55-49(61)64-7)47(59)56-18-11-13-38(56)44-50-23-37(52-44)31-14-16-33-32(20-31)26-65-40-22-34-30(21-35(33)40)15-17-36-43(34)53-45(51-36)39-19-29(25-62-5)24-57(39)46(58)41(27(2)3)54-48(60)63-6/h8-10,12,14-17,20-23,27,29,38-39,41-42,49,55,61H,4,11,13,18-19,24-26H2,1-3,5-7H3,(H,50,52)(H,51,53)(H,54,60)/b9-8-,12-10-/t29-,38-,39-,41-,42+,49?/m0/s1. The molecule has 3 aromatic carbocycles. The van der Waals surface area contributed by atoms with E-state index in [1.54, 1.807) is 30.4 Å². The summed E-state index contributed by atoms with van der Waals surface area (Å²) in [4.78, 5) is 60.8. The van der Waals surface area contributed by atoms with Crippen LogP contribution < -0.4 is 15.4 Å². The third kappa shape index (κ3) is 9.16. The average Bonchev–Trinajstić information content (AvgIpc) is 4.15. The summed E-state index contributed by atoms with van der Waals surface area (Å²) in [6.07, 6.45) is 9.26. The molecule has 0 radical (unpaired) electrons. The van der Waals surface area contributed by atoms with Crippen LogP contribution in [0.2, 0.25) is 0 Å². The lowest BCUT2D eigenvalue weighted by Gasteiger charge is -2.30. The smallest absolute Gasteiger partial charge is 0.407 e. The molecular formula is C49H58N8O8. The molecule has 2 aromatic heterocycles. The van der Waals surface area contributed by atoms with E-state index in [0.717, 1.165) is 68.3 Å². The minimum Gasteiger partial charge on any atom is -0.488 e. The van der Waals surface area contributed by atoms with Crippen molar-refractivity contribution >= 4 is 39.7 Å². The molecule has 16 heteroatoms. The molecule has 342 valence electrons. The zero-order valence-corrected chi connectivity index (χ0v) is 37.7. The average molecular weight is 887 g/mol. The first kappa shape index (κ1) is 45.2. The zero-order chi connectivity index (χ0) is 45.9. The number of aliphatic hydroxyl groups excluding tert-OH is 1. The first-order valence-corrected chi connectivity index (χ1v) is 22.1. The number of hydrogen-bond donors (Lipinski definition) is 5. The number of benzene rings is 3. The van der Waals surface area contributed by atoms with Crippen LogP contribution in [0.4, 0.5) is 4.79 Å². The molecule has 16 nitrogen and oxygen atoms in total. The van der Waals surface area contributed by atoms with Gasteiger partial charge in [-0.1, -0.05) is 62.9 Å². The molecule has 0 spiro atoms. The van der Waals surface area contributed by atoms with Gasteiger partial charge >= 0.3 is 6.09 Å². The minimum atomic E-state index is -1.35. The van der Waals surface area contributed by atoms with Crippen LogP contribution in [-0.4, -0.2) is 112 Å². The Kier molecular flexibility index (Phi) is 13.5. The zero-order valence-electron chi connectivity index (χ0n) is 37.7. The summed E-state index contributed by atoms with van der Waals surface area (Å²) in [6, 6.07) is 12.3. The fourth-order valence-electron chi connectivity index (χ4n) is 9.36. The second kappa shape index (κ2) is 19.4. The molecule has 0 bridgehead atoms. The highest BCUT2D eigenvalue weighted by atomic mass is 16.6. The number of allylic oxidation sites excluding steroid dienone is 3. The lowest BCUT2D eigenvalue weighted by molar-refractivity contribution is -0.141. The lowest BCUT2D eigenvalue weighted by atomic mass is 9.92. The van der Waals surface area contributed by atoms with Gasteiger partial charge in [0.05, 0.1) is 48.7 Å². The number of likely N-dealkylation sites (tertiary alicyclic amines) is 2. The van der Waals surface area contributed by atoms with Gasteiger partial charge in [-0.2, -0.15) is 0 Å². The number of nitrogens with one attached hydrogen (secondary N) is 4. The van der Waals surface area contributed by atoms with Crippen molar-refractivity contribution in [3.63, 3.8) is 0 Å². The Morgan fingerprint density at radius 3 is 2.60 bits per heavy atom. The van der Waals surface area contributed by atoms with E-state index in [-0.39, 0.29) is 35.7 Å². The fourth-order valence-corrected chi connectivity index (χ4v) is 9.36. The van der Waals surface area contributed by atoms with Crippen molar-refractivity contribution in [2.75, 3.05) is 41.0 Å². The van der Waals surface area contributed by atoms with Gasteiger partial charge in [-0.05, 0) is 84.0 Å². The van der Waals surface area contributed by atoms with Crippen LogP contribution >= 0.6 is 0 Å². The normalized spacial score (nSPS) is 19.8. The predicted molar refractivity (Wildman–Crippen MR) is 246 cm³/mol. The SMILES string of the molecule is C=C(/C=C\C=C/C)[C@@H](NC(O)OC)C(=O)N1CCC[C@H]1c1ncc(-c2ccc3c(c2)COc2cc4c(ccc5[nH]c([C@@H]6C[C@H](COC)CN6C(=O)[C@@H](NC(=O)OC)C(C)C)nc54)cc2-3)[nH]1. The molecule has 0 saturated carbocycles. The molecule has 2 saturated heterocycles. The third-order valence-electron chi connectivity index (χ3n) is 12.7. The number of fused-ring (bicyclic) bond motifs is 6. The Bertz CT molecular complexity index is 2650. The number of amides is 3. The van der Waals surface area contributed by atoms with E-state index < -0.39 is 24.6 Å². The number of H-pyrrole nitrogens is 2. The summed E-state index contributed by atoms with van der Waals surface area (Å²) in [5.74, 6) is 1.62. The monoisotopic (exact) mass is 886 g/mol. The highest BCUT2D eigenvalue weighted by Crippen LogP contribution is 2.44. The molecule has 5 heterocycles. The topological polar surface area (TPSA) is 196 Å². The lowest BCUT2D eigenvalue weighted by Crippen LogP contribution is -2.51. The molecule has 8 rings (SSSR count). The summed E-state index contributed by atoms with van der Waals surface area (Å²) >= 11 is 0. The van der Waals surface area contributed by atoms with Gasteiger partial charge in [0, 0.05) is 44.2 Å². The Balaban J connectivity index is 1.04. The second-order valence-corrected chi connectivity index (χ2v) is 17.3. The van der Waals surface area contributed by atoms with Crippen LogP contribution in [0.15, 0.2) is 85.1 Å². The molecular weight excluding hydrogens is 829 g/mol. The van der Waals surface area contributed by atoms with Crippen LogP contribution in [0.25, 0.3) is 44.2 Å². The number of alkyl carbamates (subject to hydrolysis) is 1. The van der Waals surface area contributed by atoms with E-state index >= 15 is 0 Å². The van der Waals surface area contributed by atoms with Gasteiger partial charge in [0.15, 0.2) is 0 Å². The van der Waals surface area contributed by atoms with Crippen LogP contribution in [0.3, 0.4) is 0 Å². The first-order chi connectivity index (χ1) is 31.4. The van der Waals surface area contributed by atoms with Crippen molar-refractivity contribution in [3.05, 3.63) is 102 Å². The Morgan fingerprint density at radius 2 is 1.85 bits per heavy atom. The van der Waals surface area contributed by atoms with Gasteiger partial charge in [0.1, 0.15) is 36.1 Å². The maximum Gasteiger partial charge on any atom is 0.407 e. The number of methoxy groups -OCH3 is 3. The van der Waals surface area contributed by atoms with Crippen LogP contribution in [-0.2, 0) is 30.4 Å². The molecule has 5 aromatic rings. The van der Waals surface area contributed by atoms with Crippen LogP contribution in [0.1, 0.15) is 69.3 Å². The van der Waals surface area contributed by atoms with Gasteiger partial charge in [-0.25, -0.2) is 14.8 Å². The quantitative estimate of drug-likeness (QED) is 0.0547. The molecule has 65 heavy (non-hydrogen) atoms. The molecule has 6 atom stereocenters. The van der Waals surface area contributed by atoms with Gasteiger partial charge < -0.3 is 49.1 Å². The highest BCUT2D eigenvalue weighted by Gasteiger charge is 2.42. The number of carbonyl (C=O) groups is 3. The number of aromatic nitrogens is 4. The third-order valence-corrected chi connectivity index (χ3v) is 12.7. The summed E-state index contributed by atoms with van der Waals surface area (Å²) in [5.41, 5.74) is 6.95. The van der Waals surface area contributed by atoms with E-state index in [0.29, 0.717) is 49.9 Å². The van der Waals surface area contributed by atoms with Crippen LogP contribution in [0, 0.1) is 11.8 Å². The largest absolute Gasteiger partial charge is 0.488 e. The van der Waals surface area contributed by atoms with Gasteiger partial charge in [0.2, 0.25) is 18.2 Å². The number of carbonyl (C=O) groups excluding carboxylic acids is 3. The first-order valence-electron chi connectivity index (χ1n) is 22.1. The molecule has 3 aliphatic rings. The van der Waals surface area contributed by atoms with Crippen molar-refractivity contribution in [2.45, 2.75) is 77.2 Å². The van der Waals surface area contributed by atoms with E-state index in [2.05, 4.69) is 63.6 Å². The van der Waals surface area contributed by atoms with Crippen molar-refractivity contribution in [3.8, 4) is 28.1 Å². The molecule has 0 aliphatic carbocycles. The van der Waals surface area contributed by atoms with Crippen molar-refractivity contribution in [1.29, 1.82) is 0 Å². The van der Waals surface area contributed by atoms with E-state index in [4.69, 9.17) is 28.9 Å². The number of aliphatic hydroxyl groups is 1. The number of ether oxygens (including phenoxy) is 4. The number of imidazole rings is 2. The molecule has 1 unspecified atom stereocenters. The molecule has 3 amide bonds. The van der Waals surface area contributed by atoms with Crippen molar-refractivity contribution in [2.24, 2.45) is 11.8 Å². The van der Waals surface area contributed by atoms with Gasteiger partial charge in [-0.3, -0.25) is 14.9 Å². The van der Waals surface area contributed by atoms with Gasteiger partial charge in [-0.15, -0.1) is 0 Å². The minimum absolute atomic E-state index is 0.0932. The molecule has 2 fully saturated rings. The summed E-state index contributed by atoms with van der Waals surface area (Å²) in [7, 11) is 4.30. The van der Waals surface area contributed by atoms with E-state index in [9.17, 15) is 19.5 Å². The molecule has 5 N–H and O–H groups in total. The number of nitrogens with zero attached hydrogens (tertiary/aromatic N) is 4. The second-order valence-electron chi connectivity index (χ2n) is 17.3. The maximum atomic E-state index is 14.1. The maximum absolute atomic E-state index is 14.1.